The summed E-state index contributed by atoms with van der Waals surface area (Å²) < 4.78 is 12.2. The number of hydrogen-bond donors (Lipinski definition) is 0. The van der Waals surface area contributed by atoms with E-state index in [1.54, 1.807) is 22.7 Å². The molecule has 1 atom stereocenters. The monoisotopic (exact) mass is 434 g/mol. The van der Waals surface area contributed by atoms with Crippen LogP contribution in [0.1, 0.15) is 41.0 Å². The molecule has 8 nitrogen and oxygen atoms in total. The first-order chi connectivity index (χ1) is 15.7. The molecule has 1 aliphatic heterocycles. The number of hydrogen-bond acceptors (Lipinski definition) is 6. The number of carbonyl (C=O) groups is 2. The Labute approximate surface area is 186 Å². The molecule has 0 bridgehead atoms. The molecule has 1 amide bonds. The van der Waals surface area contributed by atoms with Crippen LogP contribution >= 0.6 is 0 Å². The van der Waals surface area contributed by atoms with E-state index >= 15 is 0 Å². The van der Waals surface area contributed by atoms with Gasteiger partial charge < -0.3 is 14.4 Å². The van der Waals surface area contributed by atoms with Gasteiger partial charge in [-0.25, -0.2) is 4.68 Å². The van der Waals surface area contributed by atoms with Gasteiger partial charge in [-0.05, 0) is 18.1 Å². The Balaban J connectivity index is 1.59. The van der Waals surface area contributed by atoms with Crippen LogP contribution < -0.4 is 0 Å². The van der Waals surface area contributed by atoms with Gasteiger partial charge >= 0.3 is 5.97 Å². The van der Waals surface area contributed by atoms with E-state index in [9.17, 15) is 9.59 Å². The predicted molar refractivity (Wildman–Crippen MR) is 117 cm³/mol. The van der Waals surface area contributed by atoms with Gasteiger partial charge in [0, 0.05) is 6.54 Å². The molecular weight excluding hydrogens is 408 g/mol. The largest absolute Gasteiger partial charge is 0.466 e. The first kappa shape index (κ1) is 21.7. The Hall–Kier alpha value is -3.52. The third-order valence-corrected chi connectivity index (χ3v) is 5.42. The quantitative estimate of drug-likeness (QED) is 0.532. The summed E-state index contributed by atoms with van der Waals surface area (Å²) in [6, 6.07) is 19.3. The Kier molecular flexibility index (Phi) is 6.91. The minimum absolute atomic E-state index is 0.0877. The SMILES string of the molecule is CCOC(=O)CC1COCCN1C(=O)c1cn(C(c2ccccc2)c2ccccc2)nn1. The van der Waals surface area contributed by atoms with E-state index < -0.39 is 0 Å². The maximum Gasteiger partial charge on any atom is 0.307 e. The third kappa shape index (κ3) is 4.86. The van der Waals surface area contributed by atoms with Crippen LogP contribution in [0, 0.1) is 0 Å². The molecular formula is C24H26N4O4. The fourth-order valence-electron chi connectivity index (χ4n) is 3.92. The maximum atomic E-state index is 13.3. The molecule has 2 aromatic carbocycles. The highest BCUT2D eigenvalue weighted by molar-refractivity contribution is 5.92. The highest BCUT2D eigenvalue weighted by Gasteiger charge is 2.32. The Morgan fingerprint density at radius 2 is 1.75 bits per heavy atom. The van der Waals surface area contributed by atoms with Crippen molar-refractivity contribution in [2.24, 2.45) is 0 Å². The fraction of sp³-hybridized carbons (Fsp3) is 0.333. The first-order valence-electron chi connectivity index (χ1n) is 10.7. The number of aromatic nitrogens is 3. The molecule has 3 aromatic rings. The fourth-order valence-corrected chi connectivity index (χ4v) is 3.92. The molecule has 1 unspecified atom stereocenters. The molecule has 1 saturated heterocycles. The van der Waals surface area contributed by atoms with Crippen molar-refractivity contribution < 1.29 is 19.1 Å². The normalized spacial score (nSPS) is 16.2. The van der Waals surface area contributed by atoms with Crippen molar-refractivity contribution in [1.29, 1.82) is 0 Å². The van der Waals surface area contributed by atoms with Gasteiger partial charge in [-0.1, -0.05) is 65.9 Å². The van der Waals surface area contributed by atoms with Crippen LogP contribution in [-0.4, -0.2) is 64.2 Å². The summed E-state index contributed by atoms with van der Waals surface area (Å²) in [5, 5.41) is 8.47. The van der Waals surface area contributed by atoms with Gasteiger partial charge in [-0.15, -0.1) is 5.10 Å². The molecule has 4 rings (SSSR count). The smallest absolute Gasteiger partial charge is 0.307 e. The van der Waals surface area contributed by atoms with Crippen molar-refractivity contribution in [2.75, 3.05) is 26.4 Å². The lowest BCUT2D eigenvalue weighted by Gasteiger charge is -2.34. The Morgan fingerprint density at radius 3 is 2.38 bits per heavy atom. The average Bonchev–Trinajstić information content (AvgIpc) is 3.30. The number of rotatable bonds is 7. The third-order valence-electron chi connectivity index (χ3n) is 5.42. The van der Waals surface area contributed by atoms with Gasteiger partial charge in [0.2, 0.25) is 0 Å². The lowest BCUT2D eigenvalue weighted by atomic mass is 9.99. The van der Waals surface area contributed by atoms with E-state index in [1.165, 1.54) is 0 Å². The van der Waals surface area contributed by atoms with E-state index in [2.05, 4.69) is 10.3 Å². The second-order valence-corrected chi connectivity index (χ2v) is 7.54. The summed E-state index contributed by atoms with van der Waals surface area (Å²) in [7, 11) is 0. The number of nitrogens with zero attached hydrogens (tertiary/aromatic N) is 4. The first-order valence-corrected chi connectivity index (χ1v) is 10.7. The molecule has 0 N–H and O–H groups in total. The van der Waals surface area contributed by atoms with Crippen LogP contribution in [0.25, 0.3) is 0 Å². The van der Waals surface area contributed by atoms with Crippen molar-refractivity contribution in [3.63, 3.8) is 0 Å². The van der Waals surface area contributed by atoms with Crippen LogP contribution in [0.2, 0.25) is 0 Å². The van der Waals surface area contributed by atoms with Gasteiger partial charge in [0.25, 0.3) is 5.91 Å². The molecule has 166 valence electrons. The van der Waals surface area contributed by atoms with Gasteiger partial charge in [0.05, 0.1) is 38.5 Å². The number of benzene rings is 2. The molecule has 0 radical (unpaired) electrons. The van der Waals surface area contributed by atoms with Gasteiger partial charge in [-0.3, -0.25) is 9.59 Å². The highest BCUT2D eigenvalue weighted by Crippen LogP contribution is 2.26. The molecule has 2 heterocycles. The topological polar surface area (TPSA) is 86.5 Å². The summed E-state index contributed by atoms with van der Waals surface area (Å²) >= 11 is 0. The second-order valence-electron chi connectivity index (χ2n) is 7.54. The van der Waals surface area contributed by atoms with Crippen molar-refractivity contribution >= 4 is 11.9 Å². The lowest BCUT2D eigenvalue weighted by Crippen LogP contribution is -2.49. The summed E-state index contributed by atoms with van der Waals surface area (Å²) in [6.07, 6.45) is 1.76. The molecule has 0 saturated carbocycles. The molecule has 8 heteroatoms. The highest BCUT2D eigenvalue weighted by atomic mass is 16.5. The summed E-state index contributed by atoms with van der Waals surface area (Å²) in [6.45, 7) is 3.14. The van der Waals surface area contributed by atoms with Crippen LogP contribution in [0.4, 0.5) is 0 Å². The standard InChI is InChI=1S/C24H26N4O4/c1-2-32-22(29)15-20-17-31-14-13-27(20)24(30)21-16-28(26-25-21)23(18-9-5-3-6-10-18)19-11-7-4-8-12-19/h3-12,16,20,23H,2,13-15,17H2,1H3. The van der Waals surface area contributed by atoms with Crippen LogP contribution in [0.5, 0.6) is 0 Å². The number of esters is 1. The summed E-state index contributed by atoms with van der Waals surface area (Å²) in [5.41, 5.74) is 2.31. The van der Waals surface area contributed by atoms with E-state index in [1.807, 2.05) is 60.7 Å². The molecule has 0 aliphatic carbocycles. The molecule has 1 aromatic heterocycles. The van der Waals surface area contributed by atoms with E-state index in [0.29, 0.717) is 19.8 Å². The lowest BCUT2D eigenvalue weighted by molar-refractivity contribution is -0.145. The predicted octanol–water partition coefficient (Wildman–Crippen LogP) is 2.71. The van der Waals surface area contributed by atoms with E-state index in [-0.39, 0.29) is 42.7 Å². The minimum atomic E-state index is -0.389. The van der Waals surface area contributed by atoms with Gasteiger partial charge in [0.1, 0.15) is 6.04 Å². The van der Waals surface area contributed by atoms with Crippen molar-refractivity contribution in [3.05, 3.63) is 83.7 Å². The van der Waals surface area contributed by atoms with E-state index in [4.69, 9.17) is 9.47 Å². The molecule has 1 fully saturated rings. The van der Waals surface area contributed by atoms with Gasteiger partial charge in [0.15, 0.2) is 5.69 Å². The zero-order valence-corrected chi connectivity index (χ0v) is 18.0. The summed E-state index contributed by atoms with van der Waals surface area (Å²) in [5.74, 6) is -0.619. The number of morpholine rings is 1. The van der Waals surface area contributed by atoms with Crippen molar-refractivity contribution in [2.45, 2.75) is 25.4 Å². The Morgan fingerprint density at radius 1 is 1.09 bits per heavy atom. The Bertz CT molecular complexity index is 999. The second kappa shape index (κ2) is 10.2. The number of ether oxygens (including phenoxy) is 2. The number of carbonyl (C=O) groups excluding carboxylic acids is 2. The van der Waals surface area contributed by atoms with E-state index in [0.717, 1.165) is 11.1 Å². The zero-order valence-electron chi connectivity index (χ0n) is 18.0. The van der Waals surface area contributed by atoms with Crippen molar-refractivity contribution in [1.82, 2.24) is 19.9 Å². The molecule has 32 heavy (non-hydrogen) atoms. The van der Waals surface area contributed by atoms with Crippen LogP contribution in [0.3, 0.4) is 0 Å². The average molecular weight is 434 g/mol. The van der Waals surface area contributed by atoms with Crippen molar-refractivity contribution in [3.8, 4) is 0 Å². The zero-order chi connectivity index (χ0) is 22.3. The molecule has 0 spiro atoms. The maximum absolute atomic E-state index is 13.3. The minimum Gasteiger partial charge on any atom is -0.466 e. The number of amides is 1. The summed E-state index contributed by atoms with van der Waals surface area (Å²) in [4.78, 5) is 26.9. The van der Waals surface area contributed by atoms with Crippen LogP contribution in [0.15, 0.2) is 66.9 Å². The molecule has 1 aliphatic rings. The van der Waals surface area contributed by atoms with Gasteiger partial charge in [-0.2, -0.15) is 0 Å². The van der Waals surface area contributed by atoms with Crippen LogP contribution in [-0.2, 0) is 14.3 Å².